The lowest BCUT2D eigenvalue weighted by Crippen LogP contribution is -2.53. The second-order valence-corrected chi connectivity index (χ2v) is 6.87. The molecule has 2 aromatic carbocycles. The molecule has 1 aliphatic heterocycles. The topological polar surface area (TPSA) is 60.0 Å². The lowest BCUT2D eigenvalue weighted by molar-refractivity contribution is 0.0953. The van der Waals surface area contributed by atoms with Crippen molar-refractivity contribution < 1.29 is 9.18 Å². The van der Waals surface area contributed by atoms with Crippen LogP contribution in [0.1, 0.15) is 16.8 Å². The van der Waals surface area contributed by atoms with Crippen LogP contribution in [0.15, 0.2) is 59.6 Å². The van der Waals surface area contributed by atoms with Crippen LogP contribution in [-0.4, -0.2) is 63.1 Å². The van der Waals surface area contributed by atoms with Crippen LogP contribution in [0.5, 0.6) is 0 Å². The first-order valence-corrected chi connectivity index (χ1v) is 9.97. The van der Waals surface area contributed by atoms with Gasteiger partial charge in [0.25, 0.3) is 5.91 Å². The number of carbonyl (C=O) groups is 1. The molecule has 1 aliphatic rings. The SMILES string of the molecule is CN=C(NCCCNC(=O)c1ccccc1)N1CCN(c2ccccc2F)CC1. The summed E-state index contributed by atoms with van der Waals surface area (Å²) in [5, 5.41) is 6.28. The van der Waals surface area contributed by atoms with Gasteiger partial charge in [0.1, 0.15) is 5.82 Å². The van der Waals surface area contributed by atoms with Crippen LogP contribution in [0.3, 0.4) is 0 Å². The summed E-state index contributed by atoms with van der Waals surface area (Å²) in [6.45, 7) is 4.36. The van der Waals surface area contributed by atoms with E-state index in [9.17, 15) is 9.18 Å². The summed E-state index contributed by atoms with van der Waals surface area (Å²) in [5.41, 5.74) is 1.33. The van der Waals surface area contributed by atoms with E-state index in [4.69, 9.17) is 0 Å². The zero-order valence-corrected chi connectivity index (χ0v) is 16.8. The largest absolute Gasteiger partial charge is 0.366 e. The fraction of sp³-hybridized carbons (Fsp3) is 0.364. The van der Waals surface area contributed by atoms with Gasteiger partial charge in [0.15, 0.2) is 5.96 Å². The van der Waals surface area contributed by atoms with E-state index >= 15 is 0 Å². The highest BCUT2D eigenvalue weighted by molar-refractivity contribution is 5.94. The number of aliphatic imine (C=N–C) groups is 1. The number of hydrogen-bond acceptors (Lipinski definition) is 3. The highest BCUT2D eigenvalue weighted by Gasteiger charge is 2.21. The first kappa shape index (κ1) is 20.6. The Hall–Kier alpha value is -3.09. The Morgan fingerprint density at radius 1 is 0.966 bits per heavy atom. The quantitative estimate of drug-likeness (QED) is 0.446. The minimum Gasteiger partial charge on any atom is -0.366 e. The number of amides is 1. The van der Waals surface area contributed by atoms with E-state index in [0.717, 1.165) is 45.1 Å². The fourth-order valence-electron chi connectivity index (χ4n) is 3.38. The predicted molar refractivity (Wildman–Crippen MR) is 115 cm³/mol. The lowest BCUT2D eigenvalue weighted by Gasteiger charge is -2.37. The Labute approximate surface area is 171 Å². The molecule has 0 spiro atoms. The Bertz CT molecular complexity index is 819. The third-order valence-electron chi connectivity index (χ3n) is 4.94. The molecule has 3 rings (SSSR count). The molecule has 1 fully saturated rings. The number of para-hydroxylation sites is 1. The van der Waals surface area contributed by atoms with Gasteiger partial charge in [0.05, 0.1) is 5.69 Å². The van der Waals surface area contributed by atoms with E-state index < -0.39 is 0 Å². The van der Waals surface area contributed by atoms with Gasteiger partial charge in [0.2, 0.25) is 0 Å². The number of benzene rings is 2. The van der Waals surface area contributed by atoms with Crippen LogP contribution in [0, 0.1) is 5.82 Å². The highest BCUT2D eigenvalue weighted by atomic mass is 19.1. The number of hydrogen-bond donors (Lipinski definition) is 2. The van der Waals surface area contributed by atoms with Crippen molar-refractivity contribution in [2.24, 2.45) is 4.99 Å². The third-order valence-corrected chi connectivity index (χ3v) is 4.94. The molecule has 0 aliphatic carbocycles. The summed E-state index contributed by atoms with van der Waals surface area (Å²) in [5.74, 6) is 0.604. The van der Waals surface area contributed by atoms with E-state index in [1.807, 2.05) is 30.3 Å². The van der Waals surface area contributed by atoms with Crippen molar-refractivity contribution in [3.8, 4) is 0 Å². The number of halogens is 1. The van der Waals surface area contributed by atoms with Crippen molar-refractivity contribution in [3.05, 3.63) is 66.0 Å². The van der Waals surface area contributed by atoms with Crippen LogP contribution in [0.4, 0.5) is 10.1 Å². The van der Waals surface area contributed by atoms with Crippen molar-refractivity contribution in [3.63, 3.8) is 0 Å². The first-order chi connectivity index (χ1) is 14.2. The summed E-state index contributed by atoms with van der Waals surface area (Å²) in [6.07, 6.45) is 0.798. The zero-order chi connectivity index (χ0) is 20.5. The Morgan fingerprint density at radius 3 is 2.31 bits per heavy atom. The van der Waals surface area contributed by atoms with Gasteiger partial charge in [-0.15, -0.1) is 0 Å². The molecule has 1 saturated heterocycles. The van der Waals surface area contributed by atoms with Crippen molar-refractivity contribution in [1.82, 2.24) is 15.5 Å². The van der Waals surface area contributed by atoms with E-state index in [0.29, 0.717) is 17.8 Å². The van der Waals surface area contributed by atoms with Gasteiger partial charge in [-0.05, 0) is 30.7 Å². The van der Waals surface area contributed by atoms with E-state index in [-0.39, 0.29) is 11.7 Å². The summed E-state index contributed by atoms with van der Waals surface area (Å²) in [6, 6.07) is 16.1. The molecule has 0 aromatic heterocycles. The molecule has 154 valence electrons. The number of nitrogens with one attached hydrogen (secondary N) is 2. The van der Waals surface area contributed by atoms with Crippen molar-refractivity contribution in [2.45, 2.75) is 6.42 Å². The average molecular weight is 397 g/mol. The minimum absolute atomic E-state index is 0.0563. The molecule has 2 aromatic rings. The van der Waals surface area contributed by atoms with Crippen LogP contribution < -0.4 is 15.5 Å². The molecule has 0 radical (unpaired) electrons. The number of anilines is 1. The number of carbonyl (C=O) groups excluding carboxylic acids is 1. The molecule has 2 N–H and O–H groups in total. The molecule has 0 atom stereocenters. The van der Waals surface area contributed by atoms with Crippen molar-refractivity contribution in [1.29, 1.82) is 0 Å². The maximum Gasteiger partial charge on any atom is 0.251 e. The Kier molecular flexibility index (Phi) is 7.44. The van der Waals surface area contributed by atoms with Crippen LogP contribution in [0.2, 0.25) is 0 Å². The standard InChI is InChI=1S/C22H28FN5O/c1-24-22(26-13-7-12-25-21(29)18-8-3-2-4-9-18)28-16-14-27(15-17-28)20-11-6-5-10-19(20)23/h2-6,8-11H,7,12-17H2,1H3,(H,24,26)(H,25,29). The Balaban J connectivity index is 1.38. The summed E-state index contributed by atoms with van der Waals surface area (Å²) < 4.78 is 14.0. The maximum absolute atomic E-state index is 14.0. The molecule has 6 nitrogen and oxygen atoms in total. The summed E-state index contributed by atoms with van der Waals surface area (Å²) >= 11 is 0. The van der Waals surface area contributed by atoms with E-state index in [1.165, 1.54) is 6.07 Å². The second-order valence-electron chi connectivity index (χ2n) is 6.87. The molecule has 0 saturated carbocycles. The van der Waals surface area contributed by atoms with Crippen molar-refractivity contribution in [2.75, 3.05) is 51.2 Å². The normalized spacial score (nSPS) is 14.6. The number of guanidine groups is 1. The average Bonchev–Trinajstić information content (AvgIpc) is 2.77. The highest BCUT2D eigenvalue weighted by Crippen LogP contribution is 2.20. The van der Waals surface area contributed by atoms with Crippen LogP contribution in [0.25, 0.3) is 0 Å². The summed E-state index contributed by atoms with van der Waals surface area (Å²) in [7, 11) is 1.77. The van der Waals surface area contributed by atoms with Gasteiger partial charge in [-0.3, -0.25) is 9.79 Å². The lowest BCUT2D eigenvalue weighted by atomic mass is 10.2. The predicted octanol–water partition coefficient (Wildman–Crippen LogP) is 2.34. The van der Waals surface area contributed by atoms with Crippen LogP contribution in [-0.2, 0) is 0 Å². The van der Waals surface area contributed by atoms with Gasteiger partial charge in [0, 0.05) is 51.9 Å². The van der Waals surface area contributed by atoms with Gasteiger partial charge < -0.3 is 20.4 Å². The Morgan fingerprint density at radius 2 is 1.62 bits per heavy atom. The van der Waals surface area contributed by atoms with Gasteiger partial charge in [-0.1, -0.05) is 30.3 Å². The van der Waals surface area contributed by atoms with E-state index in [2.05, 4.69) is 25.4 Å². The molecule has 1 amide bonds. The van der Waals surface area contributed by atoms with Gasteiger partial charge in [-0.25, -0.2) is 4.39 Å². The van der Waals surface area contributed by atoms with Crippen molar-refractivity contribution >= 4 is 17.6 Å². The van der Waals surface area contributed by atoms with Crippen LogP contribution >= 0.6 is 0 Å². The monoisotopic (exact) mass is 397 g/mol. The number of rotatable bonds is 6. The van der Waals surface area contributed by atoms with Gasteiger partial charge >= 0.3 is 0 Å². The molecule has 7 heteroatoms. The smallest absolute Gasteiger partial charge is 0.251 e. The zero-order valence-electron chi connectivity index (χ0n) is 16.8. The summed E-state index contributed by atoms with van der Waals surface area (Å²) in [4.78, 5) is 20.6. The second kappa shape index (κ2) is 10.5. The molecular formula is C22H28FN5O. The number of nitrogens with zero attached hydrogens (tertiary/aromatic N) is 3. The maximum atomic E-state index is 14.0. The molecule has 0 bridgehead atoms. The van der Waals surface area contributed by atoms with Gasteiger partial charge in [-0.2, -0.15) is 0 Å². The minimum atomic E-state index is -0.180. The number of piperazine rings is 1. The fourth-order valence-corrected chi connectivity index (χ4v) is 3.38. The third kappa shape index (κ3) is 5.70. The molecule has 29 heavy (non-hydrogen) atoms. The van der Waals surface area contributed by atoms with E-state index in [1.54, 1.807) is 25.2 Å². The molecule has 0 unspecified atom stereocenters. The first-order valence-electron chi connectivity index (χ1n) is 9.97. The molecular weight excluding hydrogens is 369 g/mol. The molecule has 1 heterocycles.